The molecule has 86 valence electrons. The number of hydrogen-bond donors (Lipinski definition) is 2. The van der Waals surface area contributed by atoms with Gasteiger partial charge in [0, 0.05) is 24.5 Å². The number of carbonyl (C=O) groups excluding carboxylic acids is 1. The van der Waals surface area contributed by atoms with Crippen molar-refractivity contribution in [3.8, 4) is 11.4 Å². The molecule has 0 atom stereocenters. The highest BCUT2D eigenvalue weighted by Crippen LogP contribution is 2.30. The largest absolute Gasteiger partial charge is 0.369 e. The van der Waals surface area contributed by atoms with Crippen LogP contribution in [0.5, 0.6) is 0 Å². The zero-order valence-electron chi connectivity index (χ0n) is 8.92. The maximum Gasteiger partial charge on any atom is 0.341 e. The van der Waals surface area contributed by atoms with Gasteiger partial charge in [0.25, 0.3) is 0 Å². The van der Waals surface area contributed by atoms with E-state index in [0.29, 0.717) is 17.2 Å². The monoisotopic (exact) mass is 230 g/mol. The molecule has 2 aromatic heterocycles. The molecule has 17 heavy (non-hydrogen) atoms. The van der Waals surface area contributed by atoms with E-state index in [9.17, 15) is 4.79 Å². The minimum Gasteiger partial charge on any atom is -0.369 e. The Morgan fingerprint density at radius 3 is 3.06 bits per heavy atom. The van der Waals surface area contributed by atoms with Crippen molar-refractivity contribution < 1.29 is 4.79 Å². The molecule has 0 bridgehead atoms. The minimum absolute atomic E-state index is 0.606. The van der Waals surface area contributed by atoms with E-state index in [1.54, 1.807) is 18.6 Å². The van der Waals surface area contributed by atoms with E-state index in [0.717, 1.165) is 18.5 Å². The van der Waals surface area contributed by atoms with Gasteiger partial charge >= 0.3 is 6.03 Å². The molecular weight excluding hydrogens is 220 g/mol. The Labute approximate surface area is 96.7 Å². The van der Waals surface area contributed by atoms with Gasteiger partial charge in [0.2, 0.25) is 0 Å². The molecule has 0 spiro atoms. The summed E-state index contributed by atoms with van der Waals surface area (Å²) in [6, 6.07) is -0.606. The lowest BCUT2D eigenvalue weighted by Crippen LogP contribution is -2.22. The number of primary amides is 1. The average Bonchev–Trinajstić information content (AvgIpc) is 2.90. The van der Waals surface area contributed by atoms with E-state index in [-0.39, 0.29) is 0 Å². The van der Waals surface area contributed by atoms with Gasteiger partial charge in [-0.3, -0.25) is 9.97 Å². The van der Waals surface area contributed by atoms with Gasteiger partial charge in [-0.15, -0.1) is 0 Å². The highest BCUT2D eigenvalue weighted by molar-refractivity contribution is 5.82. The fourth-order valence-electron chi connectivity index (χ4n) is 1.96. The third-order valence-electron chi connectivity index (χ3n) is 2.67. The van der Waals surface area contributed by atoms with Crippen molar-refractivity contribution in [2.24, 2.45) is 5.73 Å². The number of aromatic nitrogens is 4. The number of carbonyl (C=O) groups is 1. The average molecular weight is 230 g/mol. The van der Waals surface area contributed by atoms with Crippen LogP contribution < -0.4 is 11.1 Å². The predicted molar refractivity (Wildman–Crippen MR) is 60.4 cm³/mol. The third-order valence-corrected chi connectivity index (χ3v) is 2.67. The number of nitrogens with zero attached hydrogens (tertiary/aromatic N) is 4. The number of hydrogen-bond acceptors (Lipinski definition) is 5. The van der Waals surface area contributed by atoms with Crippen LogP contribution in [0, 0.1) is 0 Å². The zero-order valence-corrected chi connectivity index (χ0v) is 8.92. The van der Waals surface area contributed by atoms with Gasteiger partial charge in [-0.05, 0) is 6.42 Å². The standard InChI is InChI=1S/C10H10N6O/c11-10(17)16-9-6(1-2-14-9)8(15-16)7-5-12-3-4-13-7/h3-5,14H,1-2H2,(H2,11,17). The van der Waals surface area contributed by atoms with Crippen LogP contribution in [0.15, 0.2) is 18.6 Å². The quantitative estimate of drug-likeness (QED) is 0.730. The summed E-state index contributed by atoms with van der Waals surface area (Å²) >= 11 is 0. The van der Waals surface area contributed by atoms with E-state index in [4.69, 9.17) is 5.73 Å². The van der Waals surface area contributed by atoms with Gasteiger partial charge in [-0.1, -0.05) is 0 Å². The Hall–Kier alpha value is -2.44. The van der Waals surface area contributed by atoms with Gasteiger partial charge in [0.15, 0.2) is 0 Å². The summed E-state index contributed by atoms with van der Waals surface area (Å²) in [5.74, 6) is 0.665. The van der Waals surface area contributed by atoms with Crippen LogP contribution in [0.4, 0.5) is 10.6 Å². The van der Waals surface area contributed by atoms with Crippen LogP contribution in [-0.4, -0.2) is 32.3 Å². The third kappa shape index (κ3) is 1.43. The molecule has 0 unspecified atom stereocenters. The van der Waals surface area contributed by atoms with Crippen molar-refractivity contribution in [2.45, 2.75) is 6.42 Å². The van der Waals surface area contributed by atoms with Gasteiger partial charge in [-0.25, -0.2) is 4.79 Å². The number of anilines is 1. The molecule has 0 saturated carbocycles. The summed E-state index contributed by atoms with van der Waals surface area (Å²) in [5, 5.41) is 7.27. The number of fused-ring (bicyclic) bond motifs is 1. The maximum absolute atomic E-state index is 11.3. The lowest BCUT2D eigenvalue weighted by Gasteiger charge is -1.99. The fourth-order valence-corrected chi connectivity index (χ4v) is 1.96. The van der Waals surface area contributed by atoms with Crippen LogP contribution in [0.25, 0.3) is 11.4 Å². The molecule has 0 radical (unpaired) electrons. The molecule has 0 aliphatic carbocycles. The molecule has 7 heteroatoms. The summed E-state index contributed by atoms with van der Waals surface area (Å²) in [5.41, 5.74) is 7.54. The zero-order chi connectivity index (χ0) is 11.8. The summed E-state index contributed by atoms with van der Waals surface area (Å²) < 4.78 is 1.17. The lowest BCUT2D eigenvalue weighted by molar-refractivity contribution is 0.248. The molecule has 1 aliphatic rings. The first-order valence-corrected chi connectivity index (χ1v) is 5.19. The Bertz CT molecular complexity index is 576. The second-order valence-corrected chi connectivity index (χ2v) is 3.69. The molecule has 3 N–H and O–H groups in total. The summed E-state index contributed by atoms with van der Waals surface area (Å²) in [6.07, 6.45) is 5.60. The number of amides is 1. The van der Waals surface area contributed by atoms with Gasteiger partial charge in [-0.2, -0.15) is 9.78 Å². The van der Waals surface area contributed by atoms with Crippen molar-refractivity contribution >= 4 is 11.8 Å². The van der Waals surface area contributed by atoms with E-state index >= 15 is 0 Å². The first-order valence-electron chi connectivity index (χ1n) is 5.19. The van der Waals surface area contributed by atoms with Crippen molar-refractivity contribution in [2.75, 3.05) is 11.9 Å². The lowest BCUT2D eigenvalue weighted by atomic mass is 10.1. The number of nitrogens with two attached hydrogens (primary N) is 1. The molecule has 1 amide bonds. The molecule has 3 heterocycles. The van der Waals surface area contributed by atoms with Gasteiger partial charge in [0.1, 0.15) is 17.2 Å². The Balaban J connectivity index is 2.19. The number of nitrogens with one attached hydrogen (secondary N) is 1. The fraction of sp³-hybridized carbons (Fsp3) is 0.200. The summed E-state index contributed by atoms with van der Waals surface area (Å²) in [6.45, 7) is 0.772. The molecule has 0 saturated heterocycles. The summed E-state index contributed by atoms with van der Waals surface area (Å²) in [4.78, 5) is 19.4. The van der Waals surface area contributed by atoms with E-state index in [2.05, 4.69) is 20.4 Å². The van der Waals surface area contributed by atoms with Crippen molar-refractivity contribution in [3.05, 3.63) is 24.2 Å². The molecule has 1 aliphatic heterocycles. The Morgan fingerprint density at radius 2 is 2.35 bits per heavy atom. The first kappa shape index (κ1) is 9.76. The van der Waals surface area contributed by atoms with Crippen LogP contribution in [0.2, 0.25) is 0 Å². The summed E-state index contributed by atoms with van der Waals surface area (Å²) in [7, 11) is 0. The van der Waals surface area contributed by atoms with Crippen LogP contribution >= 0.6 is 0 Å². The van der Waals surface area contributed by atoms with E-state index < -0.39 is 6.03 Å². The minimum atomic E-state index is -0.606. The van der Waals surface area contributed by atoms with E-state index in [1.807, 2.05) is 0 Å². The second kappa shape index (κ2) is 3.55. The van der Waals surface area contributed by atoms with Crippen LogP contribution in [0.1, 0.15) is 5.56 Å². The molecular formula is C10H10N6O. The second-order valence-electron chi connectivity index (χ2n) is 3.69. The smallest absolute Gasteiger partial charge is 0.341 e. The van der Waals surface area contributed by atoms with Gasteiger partial charge in [0.05, 0.1) is 6.20 Å². The molecule has 0 fully saturated rings. The van der Waals surface area contributed by atoms with E-state index in [1.165, 1.54) is 4.68 Å². The Morgan fingerprint density at radius 1 is 1.47 bits per heavy atom. The van der Waals surface area contributed by atoms with Gasteiger partial charge < -0.3 is 11.1 Å². The highest BCUT2D eigenvalue weighted by Gasteiger charge is 2.25. The topological polar surface area (TPSA) is 98.7 Å². The first-order chi connectivity index (χ1) is 8.27. The molecule has 7 nitrogen and oxygen atoms in total. The maximum atomic E-state index is 11.3. The van der Waals surface area contributed by atoms with Crippen LogP contribution in [0.3, 0.4) is 0 Å². The molecule has 2 aromatic rings. The molecule has 0 aromatic carbocycles. The van der Waals surface area contributed by atoms with Crippen LogP contribution in [-0.2, 0) is 6.42 Å². The normalized spacial score (nSPS) is 13.2. The SMILES string of the molecule is NC(=O)n1nc(-c2cnccn2)c2c1NCC2. The van der Waals surface area contributed by atoms with Crippen molar-refractivity contribution in [3.63, 3.8) is 0 Å². The number of rotatable bonds is 1. The van der Waals surface area contributed by atoms with Crippen molar-refractivity contribution in [1.29, 1.82) is 0 Å². The van der Waals surface area contributed by atoms with Crippen molar-refractivity contribution in [1.82, 2.24) is 19.7 Å². The molecule has 3 rings (SSSR count). The Kier molecular flexibility index (Phi) is 2.04. The predicted octanol–water partition coefficient (Wildman–Crippen LogP) is 0.235. The highest BCUT2D eigenvalue weighted by atomic mass is 16.2.